The maximum Gasteiger partial charge on any atom is 0.303 e. The van der Waals surface area contributed by atoms with Crippen LogP contribution < -0.4 is 5.32 Å². The fourth-order valence-corrected chi connectivity index (χ4v) is 5.39. The largest absolute Gasteiger partial charge is 0.453 e. The van der Waals surface area contributed by atoms with Gasteiger partial charge in [-0.15, -0.1) is 0 Å². The smallest absolute Gasteiger partial charge is 0.303 e. The van der Waals surface area contributed by atoms with Gasteiger partial charge in [0.2, 0.25) is 0 Å². The van der Waals surface area contributed by atoms with Crippen LogP contribution in [0.4, 0.5) is 5.69 Å². The molecule has 8 nitrogen and oxygen atoms in total. The third kappa shape index (κ3) is 8.11. The first-order chi connectivity index (χ1) is 18.8. The highest BCUT2D eigenvalue weighted by Gasteiger charge is 2.39. The molecule has 2 heterocycles. The van der Waals surface area contributed by atoms with Gasteiger partial charge in [-0.2, -0.15) is 0 Å². The lowest BCUT2D eigenvalue weighted by atomic mass is 9.89. The highest BCUT2D eigenvalue weighted by atomic mass is 16.7. The summed E-state index contributed by atoms with van der Waals surface area (Å²) < 4.78 is 18.2. The van der Waals surface area contributed by atoms with Gasteiger partial charge >= 0.3 is 5.97 Å². The van der Waals surface area contributed by atoms with E-state index in [9.17, 15) is 14.7 Å². The number of rotatable bonds is 8. The molecule has 2 N–H and O–H groups in total. The molecule has 2 aromatic carbocycles. The third-order valence-electron chi connectivity index (χ3n) is 7.65. The number of nitrogens with zero attached hydrogens (tertiary/aromatic N) is 1. The SMILES string of the molecule is CC(=O)O[C@@H](C)C(=O)Nc1cccc([C@@H]2O[C@H](CN3CCCCCCC3)[C@H](C)[C@H](c3ccc(CO)cc3)O2)c1. The summed E-state index contributed by atoms with van der Waals surface area (Å²) in [6.45, 7) is 7.99. The summed E-state index contributed by atoms with van der Waals surface area (Å²) in [5.74, 6) is -0.800. The minimum absolute atomic E-state index is 0.000730. The molecule has 0 unspecified atom stereocenters. The lowest BCUT2D eigenvalue weighted by Gasteiger charge is -2.43. The van der Waals surface area contributed by atoms with Gasteiger partial charge < -0.3 is 29.5 Å². The van der Waals surface area contributed by atoms with Crippen molar-refractivity contribution in [3.63, 3.8) is 0 Å². The Morgan fingerprint density at radius 1 is 1.03 bits per heavy atom. The van der Waals surface area contributed by atoms with Crippen molar-refractivity contribution >= 4 is 17.6 Å². The van der Waals surface area contributed by atoms with Crippen molar-refractivity contribution < 1.29 is 28.9 Å². The second-order valence-corrected chi connectivity index (χ2v) is 10.8. The van der Waals surface area contributed by atoms with Gasteiger partial charge in [-0.25, -0.2) is 0 Å². The number of esters is 1. The Morgan fingerprint density at radius 3 is 2.38 bits per heavy atom. The number of nitrogens with one attached hydrogen (secondary N) is 1. The van der Waals surface area contributed by atoms with E-state index in [2.05, 4.69) is 17.1 Å². The average Bonchev–Trinajstić information content (AvgIpc) is 2.91. The van der Waals surface area contributed by atoms with Crippen LogP contribution in [0.2, 0.25) is 0 Å². The molecular weight excluding hydrogens is 496 g/mol. The maximum absolute atomic E-state index is 12.5. The summed E-state index contributed by atoms with van der Waals surface area (Å²) in [6, 6.07) is 15.3. The summed E-state index contributed by atoms with van der Waals surface area (Å²) in [5, 5.41) is 12.3. The number of anilines is 1. The molecule has 2 aliphatic rings. The van der Waals surface area contributed by atoms with E-state index in [4.69, 9.17) is 14.2 Å². The number of carbonyl (C=O) groups is 2. The molecule has 0 radical (unpaired) electrons. The summed E-state index contributed by atoms with van der Waals surface area (Å²) in [6.07, 6.45) is 4.52. The topological polar surface area (TPSA) is 97.3 Å². The van der Waals surface area contributed by atoms with Crippen molar-refractivity contribution in [2.24, 2.45) is 5.92 Å². The molecule has 0 aliphatic carbocycles. The third-order valence-corrected chi connectivity index (χ3v) is 7.65. The molecule has 1 amide bonds. The van der Waals surface area contributed by atoms with E-state index in [1.54, 1.807) is 6.07 Å². The molecule has 8 heteroatoms. The van der Waals surface area contributed by atoms with Crippen LogP contribution >= 0.6 is 0 Å². The number of hydrogen-bond donors (Lipinski definition) is 2. The summed E-state index contributed by atoms with van der Waals surface area (Å²) in [7, 11) is 0. The van der Waals surface area contributed by atoms with Crippen LogP contribution in [-0.4, -0.2) is 53.7 Å². The van der Waals surface area contributed by atoms with Gasteiger partial charge in [0.05, 0.1) is 18.8 Å². The molecule has 39 heavy (non-hydrogen) atoms. The summed E-state index contributed by atoms with van der Waals surface area (Å²) in [4.78, 5) is 26.3. The average molecular weight is 539 g/mol. The van der Waals surface area contributed by atoms with Crippen LogP contribution in [0.25, 0.3) is 0 Å². The lowest BCUT2D eigenvalue weighted by Crippen LogP contribution is -2.45. The zero-order valence-corrected chi connectivity index (χ0v) is 23.3. The number of aliphatic hydroxyl groups excluding tert-OH is 1. The van der Waals surface area contributed by atoms with Crippen LogP contribution in [0.15, 0.2) is 48.5 Å². The highest BCUT2D eigenvalue weighted by Crippen LogP contribution is 2.42. The van der Waals surface area contributed by atoms with Gasteiger partial charge in [-0.05, 0) is 56.1 Å². The Labute approximate surface area is 231 Å². The van der Waals surface area contributed by atoms with Crippen molar-refractivity contribution in [2.75, 3.05) is 25.0 Å². The van der Waals surface area contributed by atoms with Crippen LogP contribution in [0.5, 0.6) is 0 Å². The summed E-state index contributed by atoms with van der Waals surface area (Å²) in [5.41, 5.74) is 3.28. The van der Waals surface area contributed by atoms with E-state index >= 15 is 0 Å². The van der Waals surface area contributed by atoms with Crippen molar-refractivity contribution in [2.45, 2.75) is 84.1 Å². The molecule has 0 spiro atoms. The van der Waals surface area contributed by atoms with E-state index in [-0.39, 0.29) is 24.7 Å². The molecular formula is C31H42N2O6. The van der Waals surface area contributed by atoms with Gasteiger partial charge in [0, 0.05) is 30.6 Å². The highest BCUT2D eigenvalue weighted by molar-refractivity contribution is 5.95. The molecule has 4 rings (SSSR count). The second-order valence-electron chi connectivity index (χ2n) is 10.8. The van der Waals surface area contributed by atoms with E-state index in [0.29, 0.717) is 5.69 Å². The van der Waals surface area contributed by atoms with Crippen molar-refractivity contribution in [1.29, 1.82) is 0 Å². The van der Waals surface area contributed by atoms with Crippen LogP contribution in [0.3, 0.4) is 0 Å². The molecule has 2 fully saturated rings. The molecule has 2 aliphatic heterocycles. The van der Waals surface area contributed by atoms with Crippen LogP contribution in [-0.2, 0) is 30.4 Å². The molecule has 0 saturated carbocycles. The zero-order chi connectivity index (χ0) is 27.8. The quantitative estimate of drug-likeness (QED) is 0.450. The first-order valence-corrected chi connectivity index (χ1v) is 14.1. The first-order valence-electron chi connectivity index (χ1n) is 14.1. The second kappa shape index (κ2) is 14.0. The normalized spacial score (nSPS) is 25.2. The van der Waals surface area contributed by atoms with Gasteiger partial charge in [0.1, 0.15) is 0 Å². The van der Waals surface area contributed by atoms with Crippen LogP contribution in [0, 0.1) is 5.92 Å². The molecule has 0 aromatic heterocycles. The number of carbonyl (C=O) groups excluding carboxylic acids is 2. The van der Waals surface area contributed by atoms with Crippen molar-refractivity contribution in [3.8, 4) is 0 Å². The lowest BCUT2D eigenvalue weighted by molar-refractivity contribution is -0.276. The number of amides is 1. The maximum atomic E-state index is 12.5. The van der Waals surface area contributed by atoms with Crippen molar-refractivity contribution in [1.82, 2.24) is 4.90 Å². The molecule has 0 bridgehead atoms. The molecule has 5 atom stereocenters. The summed E-state index contributed by atoms with van der Waals surface area (Å²) >= 11 is 0. The van der Waals surface area contributed by atoms with Gasteiger partial charge in [0.15, 0.2) is 12.4 Å². The van der Waals surface area contributed by atoms with Crippen LogP contribution in [0.1, 0.15) is 82.0 Å². The van der Waals surface area contributed by atoms with Gasteiger partial charge in [-0.3, -0.25) is 9.59 Å². The Morgan fingerprint density at radius 2 is 1.72 bits per heavy atom. The number of hydrogen-bond acceptors (Lipinski definition) is 7. The minimum Gasteiger partial charge on any atom is -0.453 e. The standard InChI is InChI=1S/C31H42N2O6/c1-21-28(19-33-16-7-5-4-6-8-17-33)38-31(39-29(21)25-14-12-24(20-34)13-15-25)26-10-9-11-27(18-26)32-30(36)22(2)37-23(3)35/h9-15,18,21-22,28-29,31,34H,4-8,16-17,19-20H2,1-3H3,(H,32,36)/t21-,22-,28+,29+,31+/m0/s1. The minimum atomic E-state index is -0.900. The molecule has 2 saturated heterocycles. The predicted molar refractivity (Wildman–Crippen MR) is 149 cm³/mol. The zero-order valence-electron chi connectivity index (χ0n) is 23.3. The van der Waals surface area contributed by atoms with Gasteiger partial charge in [-0.1, -0.05) is 62.6 Å². The fraction of sp³-hybridized carbons (Fsp3) is 0.548. The monoisotopic (exact) mass is 538 g/mol. The Kier molecular flexibility index (Phi) is 10.5. The predicted octanol–water partition coefficient (Wildman–Crippen LogP) is 5.13. The Bertz CT molecular complexity index is 1080. The van der Waals surface area contributed by atoms with E-state index in [0.717, 1.165) is 36.3 Å². The first kappa shape index (κ1) is 29.2. The number of ether oxygens (including phenoxy) is 3. The molecule has 212 valence electrons. The van der Waals surface area contributed by atoms with Crippen molar-refractivity contribution in [3.05, 3.63) is 65.2 Å². The fourth-order valence-electron chi connectivity index (χ4n) is 5.39. The Balaban J connectivity index is 1.55. The van der Waals surface area contributed by atoms with E-state index in [1.165, 1.54) is 46.0 Å². The number of aliphatic hydroxyl groups is 1. The van der Waals surface area contributed by atoms with E-state index in [1.807, 2.05) is 42.5 Å². The Hall–Kier alpha value is -2.78. The van der Waals surface area contributed by atoms with Gasteiger partial charge in [0.25, 0.3) is 5.91 Å². The number of likely N-dealkylation sites (tertiary alicyclic amines) is 1. The van der Waals surface area contributed by atoms with E-state index < -0.39 is 24.3 Å². The molecule has 2 aromatic rings. The number of benzene rings is 2.